The number of nitrogens with one attached hydrogen (secondary N) is 1. The average molecular weight is 274 g/mol. The Morgan fingerprint density at radius 2 is 1.95 bits per heavy atom. The molecule has 112 valence electrons. The molecule has 1 N–H and O–H groups in total. The van der Waals surface area contributed by atoms with Crippen LogP contribution in [0.5, 0.6) is 0 Å². The summed E-state index contributed by atoms with van der Waals surface area (Å²) in [4.78, 5) is 2.53. The molecule has 0 radical (unpaired) electrons. The summed E-state index contributed by atoms with van der Waals surface area (Å²) in [6, 6.07) is 9.94. The van der Waals surface area contributed by atoms with Crippen LogP contribution in [0.1, 0.15) is 43.9 Å². The number of benzene rings is 1. The van der Waals surface area contributed by atoms with Crippen LogP contribution in [0.4, 0.5) is 0 Å². The van der Waals surface area contributed by atoms with Crippen LogP contribution in [0.3, 0.4) is 0 Å². The molecule has 2 unspecified atom stereocenters. The summed E-state index contributed by atoms with van der Waals surface area (Å²) < 4.78 is 0. The molecular formula is C18H30N2. The lowest BCUT2D eigenvalue weighted by Gasteiger charge is -2.39. The van der Waals surface area contributed by atoms with Crippen LogP contribution in [-0.2, 0) is 6.42 Å². The van der Waals surface area contributed by atoms with Gasteiger partial charge in [0.25, 0.3) is 0 Å². The molecule has 0 aromatic heterocycles. The Balaban J connectivity index is 2.14. The molecule has 2 nitrogen and oxygen atoms in total. The van der Waals surface area contributed by atoms with Gasteiger partial charge in [-0.1, -0.05) is 38.1 Å². The monoisotopic (exact) mass is 274 g/mol. The van der Waals surface area contributed by atoms with Gasteiger partial charge in [0.15, 0.2) is 0 Å². The summed E-state index contributed by atoms with van der Waals surface area (Å²) in [6.45, 7) is 6.90. The Bertz CT molecular complexity index is 394. The van der Waals surface area contributed by atoms with Gasteiger partial charge in [0.2, 0.25) is 0 Å². The van der Waals surface area contributed by atoms with Gasteiger partial charge >= 0.3 is 0 Å². The van der Waals surface area contributed by atoms with E-state index in [1.807, 2.05) is 0 Å². The molecule has 0 aliphatic carbocycles. The lowest BCUT2D eigenvalue weighted by Crippen LogP contribution is -2.39. The van der Waals surface area contributed by atoms with Crippen molar-refractivity contribution in [3.63, 3.8) is 0 Å². The third-order valence-electron chi connectivity index (χ3n) is 4.44. The van der Waals surface area contributed by atoms with E-state index in [0.717, 1.165) is 18.4 Å². The summed E-state index contributed by atoms with van der Waals surface area (Å²) in [5, 5.41) is 3.37. The van der Waals surface area contributed by atoms with Gasteiger partial charge in [0.05, 0.1) is 0 Å². The minimum absolute atomic E-state index is 0.573. The van der Waals surface area contributed by atoms with Gasteiger partial charge in [-0.3, -0.25) is 4.90 Å². The molecule has 0 saturated carbocycles. The van der Waals surface area contributed by atoms with Crippen molar-refractivity contribution >= 4 is 0 Å². The van der Waals surface area contributed by atoms with Gasteiger partial charge in [-0.25, -0.2) is 0 Å². The van der Waals surface area contributed by atoms with Crippen LogP contribution in [0.25, 0.3) is 0 Å². The van der Waals surface area contributed by atoms with Crippen LogP contribution in [0.15, 0.2) is 24.3 Å². The first-order valence-corrected chi connectivity index (χ1v) is 8.05. The van der Waals surface area contributed by atoms with E-state index >= 15 is 0 Å². The molecule has 20 heavy (non-hydrogen) atoms. The van der Waals surface area contributed by atoms with Crippen LogP contribution >= 0.6 is 0 Å². The van der Waals surface area contributed by atoms with E-state index in [4.69, 9.17) is 0 Å². The van der Waals surface area contributed by atoms with Gasteiger partial charge < -0.3 is 5.32 Å². The van der Waals surface area contributed by atoms with E-state index < -0.39 is 0 Å². The van der Waals surface area contributed by atoms with E-state index in [2.05, 4.69) is 62.4 Å². The molecule has 1 aliphatic rings. The van der Waals surface area contributed by atoms with Crippen molar-refractivity contribution in [1.29, 1.82) is 0 Å². The van der Waals surface area contributed by atoms with Gasteiger partial charge in [0, 0.05) is 6.04 Å². The standard InChI is InChI=1S/C18H30N2/c1-14(2)12-15-7-9-16(10-8-15)18-17(13-19-3)6-5-11-20(18)4/h7-10,14,17-19H,5-6,11-13H2,1-4H3. The summed E-state index contributed by atoms with van der Waals surface area (Å²) >= 11 is 0. The summed E-state index contributed by atoms with van der Waals surface area (Å²) in [5.41, 5.74) is 2.95. The Kier molecular flexibility index (Phi) is 5.62. The Labute approximate surface area is 124 Å². The topological polar surface area (TPSA) is 15.3 Å². The second-order valence-corrected chi connectivity index (χ2v) is 6.72. The number of rotatable bonds is 5. The minimum Gasteiger partial charge on any atom is -0.319 e. The first-order valence-electron chi connectivity index (χ1n) is 8.05. The molecular weight excluding hydrogens is 244 g/mol. The van der Waals surface area contributed by atoms with E-state index in [9.17, 15) is 0 Å². The lowest BCUT2D eigenvalue weighted by molar-refractivity contribution is 0.121. The van der Waals surface area contributed by atoms with Crippen molar-refractivity contribution in [2.24, 2.45) is 11.8 Å². The SMILES string of the molecule is CNCC1CCCN(C)C1c1ccc(CC(C)C)cc1. The number of hydrogen-bond acceptors (Lipinski definition) is 2. The molecule has 0 amide bonds. The predicted octanol–water partition coefficient (Wildman–Crippen LogP) is 3.49. The van der Waals surface area contributed by atoms with Crippen molar-refractivity contribution in [3.05, 3.63) is 35.4 Å². The zero-order valence-corrected chi connectivity index (χ0v) is 13.5. The zero-order chi connectivity index (χ0) is 14.5. The maximum Gasteiger partial charge on any atom is 0.0385 e. The molecule has 1 saturated heterocycles. The molecule has 1 aromatic rings. The fourth-order valence-electron chi connectivity index (χ4n) is 3.58. The first kappa shape index (κ1) is 15.5. The maximum atomic E-state index is 3.37. The molecule has 1 heterocycles. The first-order chi connectivity index (χ1) is 9.61. The summed E-state index contributed by atoms with van der Waals surface area (Å²) in [6.07, 6.45) is 3.84. The predicted molar refractivity (Wildman–Crippen MR) is 87.0 cm³/mol. The van der Waals surface area contributed by atoms with E-state index in [1.165, 1.54) is 36.9 Å². The Morgan fingerprint density at radius 1 is 1.25 bits per heavy atom. The highest BCUT2D eigenvalue weighted by Crippen LogP contribution is 2.34. The highest BCUT2D eigenvalue weighted by atomic mass is 15.1. The highest BCUT2D eigenvalue weighted by Gasteiger charge is 2.29. The average Bonchev–Trinajstić information content (AvgIpc) is 2.40. The van der Waals surface area contributed by atoms with E-state index in [-0.39, 0.29) is 0 Å². The quantitative estimate of drug-likeness (QED) is 0.884. The summed E-state index contributed by atoms with van der Waals surface area (Å²) in [5.74, 6) is 1.46. The smallest absolute Gasteiger partial charge is 0.0385 e. The fourth-order valence-corrected chi connectivity index (χ4v) is 3.58. The maximum absolute atomic E-state index is 3.37. The molecule has 1 aliphatic heterocycles. The molecule has 1 aromatic carbocycles. The van der Waals surface area contributed by atoms with Crippen LogP contribution in [0.2, 0.25) is 0 Å². The number of hydrogen-bond donors (Lipinski definition) is 1. The third-order valence-corrected chi connectivity index (χ3v) is 4.44. The largest absolute Gasteiger partial charge is 0.319 e. The van der Waals surface area contributed by atoms with Gasteiger partial charge in [-0.2, -0.15) is 0 Å². The van der Waals surface area contributed by atoms with Gasteiger partial charge in [-0.05, 0) is 69.4 Å². The number of likely N-dealkylation sites (tertiary alicyclic amines) is 1. The van der Waals surface area contributed by atoms with Crippen LogP contribution in [-0.4, -0.2) is 32.1 Å². The lowest BCUT2D eigenvalue weighted by atomic mass is 9.84. The highest BCUT2D eigenvalue weighted by molar-refractivity contribution is 5.26. The molecule has 0 bridgehead atoms. The van der Waals surface area contributed by atoms with E-state index in [1.54, 1.807) is 0 Å². The van der Waals surface area contributed by atoms with Crippen molar-refractivity contribution in [2.75, 3.05) is 27.2 Å². The van der Waals surface area contributed by atoms with Gasteiger partial charge in [0.1, 0.15) is 0 Å². The van der Waals surface area contributed by atoms with Crippen molar-refractivity contribution in [1.82, 2.24) is 10.2 Å². The fraction of sp³-hybridized carbons (Fsp3) is 0.667. The van der Waals surface area contributed by atoms with Crippen molar-refractivity contribution in [3.8, 4) is 0 Å². The number of nitrogens with zero attached hydrogens (tertiary/aromatic N) is 1. The van der Waals surface area contributed by atoms with Crippen molar-refractivity contribution < 1.29 is 0 Å². The molecule has 2 atom stereocenters. The third kappa shape index (κ3) is 3.83. The minimum atomic E-state index is 0.573. The molecule has 0 spiro atoms. The van der Waals surface area contributed by atoms with Crippen LogP contribution < -0.4 is 5.32 Å². The second kappa shape index (κ2) is 7.24. The number of piperidine rings is 1. The van der Waals surface area contributed by atoms with Crippen LogP contribution in [0, 0.1) is 11.8 Å². The molecule has 2 heteroatoms. The summed E-state index contributed by atoms with van der Waals surface area (Å²) in [7, 11) is 4.34. The van der Waals surface area contributed by atoms with Gasteiger partial charge in [-0.15, -0.1) is 0 Å². The van der Waals surface area contributed by atoms with E-state index in [0.29, 0.717) is 6.04 Å². The second-order valence-electron chi connectivity index (χ2n) is 6.72. The normalized spacial score (nSPS) is 24.2. The Hall–Kier alpha value is -0.860. The Morgan fingerprint density at radius 3 is 2.55 bits per heavy atom. The molecule has 1 fully saturated rings. The zero-order valence-electron chi connectivity index (χ0n) is 13.5. The van der Waals surface area contributed by atoms with Crippen molar-refractivity contribution in [2.45, 2.75) is 39.2 Å². The molecule has 2 rings (SSSR count).